The maximum atomic E-state index is 14.5. The van der Waals surface area contributed by atoms with Gasteiger partial charge in [0, 0.05) is 31.0 Å². The van der Waals surface area contributed by atoms with E-state index < -0.39 is 45.5 Å². The van der Waals surface area contributed by atoms with E-state index in [0.29, 0.717) is 12.1 Å². The molecule has 5 rings (SSSR count). The number of ether oxygens (including phenoxy) is 1. The zero-order valence-corrected chi connectivity index (χ0v) is 21.4. The number of halogens is 3. The fourth-order valence-corrected chi connectivity index (χ4v) is 5.84. The highest BCUT2D eigenvalue weighted by Gasteiger charge is 2.39. The number of likely N-dealkylation sites (tertiary alicyclic amines) is 1. The molecule has 0 spiro atoms. The molecule has 3 aromatic rings. The van der Waals surface area contributed by atoms with Gasteiger partial charge in [-0.3, -0.25) is 0 Å². The van der Waals surface area contributed by atoms with Gasteiger partial charge in [-0.1, -0.05) is 0 Å². The van der Waals surface area contributed by atoms with Crippen molar-refractivity contribution < 1.29 is 31.1 Å². The number of rotatable bonds is 5. The average molecular weight is 549 g/mol. The van der Waals surface area contributed by atoms with Crippen molar-refractivity contribution >= 4 is 22.1 Å². The zero-order chi connectivity index (χ0) is 27.4. The molecule has 1 fully saturated rings. The van der Waals surface area contributed by atoms with Gasteiger partial charge in [0.2, 0.25) is 0 Å². The molecule has 0 N–H and O–H groups in total. The minimum atomic E-state index is -3.54. The van der Waals surface area contributed by atoms with Crippen LogP contribution < -0.4 is 4.74 Å². The fraction of sp³-hybridized carbons (Fsp3) is 0.333. The number of benzene rings is 1. The molecule has 38 heavy (non-hydrogen) atoms. The van der Waals surface area contributed by atoms with Crippen LogP contribution in [0.5, 0.6) is 5.75 Å². The van der Waals surface area contributed by atoms with Crippen LogP contribution in [-0.4, -0.2) is 70.8 Å². The van der Waals surface area contributed by atoms with Gasteiger partial charge in [-0.15, -0.1) is 0 Å². The van der Waals surface area contributed by atoms with Crippen molar-refractivity contribution in [2.24, 2.45) is 5.10 Å². The lowest BCUT2D eigenvalue weighted by atomic mass is 10.0. The normalized spacial score (nSPS) is 17.7. The summed E-state index contributed by atoms with van der Waals surface area (Å²) in [7, 11) is -3.54. The number of amides is 2. The lowest BCUT2D eigenvalue weighted by molar-refractivity contribution is 0.0256. The van der Waals surface area contributed by atoms with Crippen molar-refractivity contribution in [2.75, 3.05) is 19.3 Å². The number of sulfone groups is 1. The largest absolute Gasteiger partial charge is 0.483 e. The SMILES string of the molecule is Cc1nn(-c2cc(OC3CN(C(=O)N4N=CC[C@H]4c4cc(F)cc(F)c4)C3)c(F)cn2)c(C)c1S(C)(=O)=O. The maximum absolute atomic E-state index is 14.5. The summed E-state index contributed by atoms with van der Waals surface area (Å²) in [6.45, 7) is 3.39. The number of nitrogens with zero attached hydrogens (tertiary/aromatic N) is 6. The van der Waals surface area contributed by atoms with Gasteiger partial charge in [0.1, 0.15) is 22.6 Å². The summed E-state index contributed by atoms with van der Waals surface area (Å²) in [5.74, 6) is -2.19. The van der Waals surface area contributed by atoms with Gasteiger partial charge in [-0.05, 0) is 31.5 Å². The van der Waals surface area contributed by atoms with Crippen LogP contribution in [0.2, 0.25) is 0 Å². The van der Waals surface area contributed by atoms with Gasteiger partial charge in [0.15, 0.2) is 27.2 Å². The number of aromatic nitrogens is 3. The second-order valence-electron chi connectivity index (χ2n) is 9.18. The Morgan fingerprint density at radius 2 is 1.76 bits per heavy atom. The Kier molecular flexibility index (Phi) is 6.37. The van der Waals surface area contributed by atoms with E-state index >= 15 is 0 Å². The van der Waals surface area contributed by atoms with Crippen LogP contribution in [0.4, 0.5) is 18.0 Å². The van der Waals surface area contributed by atoms with Gasteiger partial charge in [0.05, 0.1) is 36.7 Å². The highest BCUT2D eigenvalue weighted by molar-refractivity contribution is 7.90. The van der Waals surface area contributed by atoms with Gasteiger partial charge < -0.3 is 9.64 Å². The van der Waals surface area contributed by atoms with E-state index in [9.17, 15) is 26.4 Å². The molecule has 2 aromatic heterocycles. The molecule has 1 saturated heterocycles. The van der Waals surface area contributed by atoms with Crippen LogP contribution in [0.15, 0.2) is 40.5 Å². The van der Waals surface area contributed by atoms with E-state index in [1.165, 1.54) is 21.9 Å². The number of hydrogen-bond acceptors (Lipinski definition) is 7. The summed E-state index contributed by atoms with van der Waals surface area (Å²) < 4.78 is 73.1. The fourth-order valence-electron chi connectivity index (χ4n) is 4.64. The predicted octanol–water partition coefficient (Wildman–Crippen LogP) is 3.32. The average Bonchev–Trinajstić information content (AvgIpc) is 3.40. The van der Waals surface area contributed by atoms with Gasteiger partial charge in [-0.25, -0.2) is 41.1 Å². The van der Waals surface area contributed by atoms with E-state index in [1.807, 2.05) is 0 Å². The molecule has 0 aliphatic carbocycles. The van der Waals surface area contributed by atoms with Gasteiger partial charge >= 0.3 is 6.03 Å². The minimum Gasteiger partial charge on any atom is -0.483 e. The quantitative estimate of drug-likeness (QED) is 0.484. The van der Waals surface area contributed by atoms with Crippen LogP contribution in [0, 0.1) is 31.3 Å². The maximum Gasteiger partial charge on any atom is 0.341 e. The number of aryl methyl sites for hydroxylation is 1. The molecule has 200 valence electrons. The molecular weight excluding hydrogens is 525 g/mol. The third-order valence-electron chi connectivity index (χ3n) is 6.33. The second-order valence-corrected chi connectivity index (χ2v) is 11.1. The summed E-state index contributed by atoms with van der Waals surface area (Å²) >= 11 is 0. The molecule has 2 aliphatic heterocycles. The summed E-state index contributed by atoms with van der Waals surface area (Å²) in [5.41, 5.74) is 0.904. The molecule has 0 saturated carbocycles. The summed E-state index contributed by atoms with van der Waals surface area (Å²) in [4.78, 5) is 18.5. The Morgan fingerprint density at radius 1 is 1.08 bits per heavy atom. The lowest BCUT2D eigenvalue weighted by Crippen LogP contribution is -2.58. The van der Waals surface area contributed by atoms with Crippen molar-refractivity contribution in [3.05, 3.63) is 64.9 Å². The first-order valence-corrected chi connectivity index (χ1v) is 13.5. The molecule has 1 aromatic carbocycles. The number of carbonyl (C=O) groups is 1. The molecular formula is C24H23F3N6O4S. The van der Waals surface area contributed by atoms with Crippen LogP contribution in [-0.2, 0) is 9.84 Å². The Bertz CT molecular complexity index is 1550. The zero-order valence-electron chi connectivity index (χ0n) is 20.6. The van der Waals surface area contributed by atoms with E-state index in [0.717, 1.165) is 35.7 Å². The first-order chi connectivity index (χ1) is 17.9. The molecule has 0 bridgehead atoms. The monoisotopic (exact) mass is 548 g/mol. The highest BCUT2D eigenvalue weighted by atomic mass is 32.2. The van der Waals surface area contributed by atoms with Crippen molar-refractivity contribution in [2.45, 2.75) is 37.3 Å². The first kappa shape index (κ1) is 25.7. The van der Waals surface area contributed by atoms with Crippen molar-refractivity contribution in [3.8, 4) is 11.6 Å². The van der Waals surface area contributed by atoms with E-state index in [1.54, 1.807) is 13.8 Å². The molecule has 0 unspecified atom stereocenters. The molecule has 2 amide bonds. The van der Waals surface area contributed by atoms with Crippen molar-refractivity contribution in [1.82, 2.24) is 24.7 Å². The summed E-state index contributed by atoms with van der Waals surface area (Å²) in [6.07, 6.45) is 3.30. The lowest BCUT2D eigenvalue weighted by Gasteiger charge is -2.41. The van der Waals surface area contributed by atoms with Crippen molar-refractivity contribution in [3.63, 3.8) is 0 Å². The Balaban J connectivity index is 1.27. The van der Waals surface area contributed by atoms with Crippen LogP contribution in [0.3, 0.4) is 0 Å². The van der Waals surface area contributed by atoms with Crippen LogP contribution in [0.1, 0.15) is 29.4 Å². The highest BCUT2D eigenvalue weighted by Crippen LogP contribution is 2.32. The molecule has 14 heteroatoms. The molecule has 2 aliphatic rings. The Labute approximate surface area is 216 Å². The standard InChI is InChI=1S/C24H23F3N6O4S/c1-13-23(38(3,35)36)14(2)32(30-13)22-9-21(19(27)10-28-22)37-18-11-31(12-18)24(34)33-20(4-5-29-33)15-6-16(25)8-17(26)7-15/h5-10,18,20H,4,11-12H2,1-3H3/t20-/m0/s1. The number of hydrogen-bond donors (Lipinski definition) is 0. The summed E-state index contributed by atoms with van der Waals surface area (Å²) in [5, 5.41) is 9.47. The molecule has 10 nitrogen and oxygen atoms in total. The summed E-state index contributed by atoms with van der Waals surface area (Å²) in [6, 6.07) is 3.27. The topological polar surface area (TPSA) is 110 Å². The van der Waals surface area contributed by atoms with Crippen LogP contribution >= 0.6 is 0 Å². The van der Waals surface area contributed by atoms with Gasteiger partial charge in [0.25, 0.3) is 0 Å². The smallest absolute Gasteiger partial charge is 0.341 e. The number of urea groups is 1. The van der Waals surface area contributed by atoms with Crippen molar-refractivity contribution in [1.29, 1.82) is 0 Å². The first-order valence-electron chi connectivity index (χ1n) is 11.6. The number of hydrazone groups is 1. The third-order valence-corrected chi connectivity index (χ3v) is 7.66. The number of carbonyl (C=O) groups excluding carboxylic acids is 1. The van der Waals surface area contributed by atoms with E-state index in [-0.39, 0.29) is 40.8 Å². The van der Waals surface area contributed by atoms with E-state index in [2.05, 4.69) is 15.2 Å². The molecule has 4 heterocycles. The van der Waals surface area contributed by atoms with Crippen LogP contribution in [0.25, 0.3) is 5.82 Å². The second kappa shape index (κ2) is 9.42. The Hall–Kier alpha value is -3.94. The number of pyridine rings is 1. The Morgan fingerprint density at radius 3 is 2.39 bits per heavy atom. The molecule has 0 radical (unpaired) electrons. The predicted molar refractivity (Wildman–Crippen MR) is 129 cm³/mol. The molecule has 1 atom stereocenters. The van der Waals surface area contributed by atoms with Gasteiger partial charge in [-0.2, -0.15) is 10.2 Å². The third kappa shape index (κ3) is 4.71. The minimum absolute atomic E-state index is 0.0723. The van der Waals surface area contributed by atoms with E-state index in [4.69, 9.17) is 4.74 Å².